The number of benzene rings is 1. The number of H-pyrrole nitrogens is 1. The quantitative estimate of drug-likeness (QED) is 0.919. The third kappa shape index (κ3) is 3.35. The Labute approximate surface area is 154 Å². The van der Waals surface area contributed by atoms with Crippen LogP contribution in [-0.4, -0.2) is 52.8 Å². The van der Waals surface area contributed by atoms with Crippen molar-refractivity contribution in [1.29, 1.82) is 0 Å². The number of nitrogens with one attached hydrogen (secondary N) is 1. The molecule has 2 fully saturated rings. The molecular formula is C21H27N3O2. The second-order valence-electron chi connectivity index (χ2n) is 7.74. The van der Waals surface area contributed by atoms with Crippen LogP contribution in [0.4, 0.5) is 0 Å². The topological polar surface area (TPSA) is 56.4 Å². The van der Waals surface area contributed by atoms with E-state index in [1.165, 1.54) is 22.9 Å². The number of aryl methyl sites for hydroxylation is 1. The van der Waals surface area contributed by atoms with Gasteiger partial charge in [0.25, 0.3) is 0 Å². The van der Waals surface area contributed by atoms with Gasteiger partial charge in [0.2, 0.25) is 11.8 Å². The summed E-state index contributed by atoms with van der Waals surface area (Å²) in [5.41, 5.74) is 3.61. The Kier molecular flexibility index (Phi) is 4.70. The van der Waals surface area contributed by atoms with E-state index in [0.29, 0.717) is 19.5 Å². The minimum Gasteiger partial charge on any atom is -0.361 e. The number of piperidine rings is 1. The number of rotatable bonds is 4. The van der Waals surface area contributed by atoms with Gasteiger partial charge in [0.15, 0.2) is 0 Å². The minimum absolute atomic E-state index is 0.122. The van der Waals surface area contributed by atoms with Crippen molar-refractivity contribution in [3.05, 3.63) is 35.5 Å². The number of aromatic amines is 1. The summed E-state index contributed by atoms with van der Waals surface area (Å²) in [6.07, 6.45) is 6.64. The first kappa shape index (κ1) is 17.1. The monoisotopic (exact) mass is 353 g/mol. The molecule has 26 heavy (non-hydrogen) atoms. The summed E-state index contributed by atoms with van der Waals surface area (Å²) in [5, 5.41) is 1.23. The molecule has 1 aromatic heterocycles. The summed E-state index contributed by atoms with van der Waals surface area (Å²) in [7, 11) is 0. The Morgan fingerprint density at radius 1 is 1.23 bits per heavy atom. The maximum absolute atomic E-state index is 12.7. The first-order valence-corrected chi connectivity index (χ1v) is 9.75. The van der Waals surface area contributed by atoms with Gasteiger partial charge in [-0.3, -0.25) is 9.59 Å². The second-order valence-corrected chi connectivity index (χ2v) is 7.74. The smallest absolute Gasteiger partial charge is 0.227 e. The van der Waals surface area contributed by atoms with E-state index in [-0.39, 0.29) is 17.7 Å². The average molecular weight is 353 g/mol. The van der Waals surface area contributed by atoms with E-state index in [0.717, 1.165) is 37.9 Å². The molecule has 0 spiro atoms. The molecule has 2 aliphatic rings. The molecule has 2 aromatic rings. The highest BCUT2D eigenvalue weighted by atomic mass is 16.2. The van der Waals surface area contributed by atoms with Gasteiger partial charge in [0, 0.05) is 49.7 Å². The summed E-state index contributed by atoms with van der Waals surface area (Å²) in [4.78, 5) is 32.2. The molecule has 1 atom stereocenters. The highest BCUT2D eigenvalue weighted by molar-refractivity contribution is 5.89. The van der Waals surface area contributed by atoms with E-state index in [1.54, 1.807) is 0 Å². The Morgan fingerprint density at radius 2 is 2.04 bits per heavy atom. The molecule has 5 nitrogen and oxygen atoms in total. The number of fused-ring (bicyclic) bond motifs is 1. The van der Waals surface area contributed by atoms with Crippen molar-refractivity contribution in [1.82, 2.24) is 14.8 Å². The minimum atomic E-state index is -0.147. The van der Waals surface area contributed by atoms with Gasteiger partial charge in [-0.05, 0) is 50.3 Å². The van der Waals surface area contributed by atoms with Crippen LogP contribution in [0.1, 0.15) is 36.8 Å². The van der Waals surface area contributed by atoms with E-state index >= 15 is 0 Å². The van der Waals surface area contributed by atoms with E-state index < -0.39 is 0 Å². The van der Waals surface area contributed by atoms with E-state index in [1.807, 2.05) is 16.0 Å². The third-order valence-electron chi connectivity index (χ3n) is 5.81. The molecule has 2 aliphatic heterocycles. The lowest BCUT2D eigenvalue weighted by Crippen LogP contribution is -2.40. The molecule has 2 saturated heterocycles. The van der Waals surface area contributed by atoms with Gasteiger partial charge in [0.1, 0.15) is 0 Å². The van der Waals surface area contributed by atoms with Gasteiger partial charge in [-0.25, -0.2) is 0 Å². The van der Waals surface area contributed by atoms with Gasteiger partial charge >= 0.3 is 0 Å². The standard InChI is InChI=1S/C21H27N3O2/c1-15-5-6-19-18(11-15)16(13-22-19)7-10-24-14-17(12-20(24)25)21(26)23-8-3-2-4-9-23/h5-6,11,13,17,22H,2-4,7-10,12,14H2,1H3/t17-/m1/s1. The molecule has 1 N–H and O–H groups in total. The van der Waals surface area contributed by atoms with Crippen LogP contribution >= 0.6 is 0 Å². The molecule has 3 heterocycles. The van der Waals surface area contributed by atoms with Crippen LogP contribution in [0, 0.1) is 12.8 Å². The maximum atomic E-state index is 12.7. The predicted octanol–water partition coefficient (Wildman–Crippen LogP) is 2.88. The van der Waals surface area contributed by atoms with Crippen LogP contribution in [0.5, 0.6) is 0 Å². The van der Waals surface area contributed by atoms with Crippen LogP contribution in [0.2, 0.25) is 0 Å². The number of likely N-dealkylation sites (tertiary alicyclic amines) is 2. The van der Waals surface area contributed by atoms with E-state index in [4.69, 9.17) is 0 Å². The summed E-state index contributed by atoms with van der Waals surface area (Å²) in [5.74, 6) is 0.158. The fraction of sp³-hybridized carbons (Fsp3) is 0.524. The molecule has 138 valence electrons. The zero-order chi connectivity index (χ0) is 18.1. The first-order valence-electron chi connectivity index (χ1n) is 9.75. The van der Waals surface area contributed by atoms with Gasteiger partial charge in [-0.2, -0.15) is 0 Å². The highest BCUT2D eigenvalue weighted by Gasteiger charge is 2.36. The van der Waals surface area contributed by atoms with Crippen molar-refractivity contribution in [2.75, 3.05) is 26.2 Å². The van der Waals surface area contributed by atoms with Crippen molar-refractivity contribution in [2.24, 2.45) is 5.92 Å². The van der Waals surface area contributed by atoms with Gasteiger partial charge in [0.05, 0.1) is 5.92 Å². The zero-order valence-corrected chi connectivity index (χ0v) is 15.5. The molecule has 5 heteroatoms. The lowest BCUT2D eigenvalue weighted by Gasteiger charge is -2.29. The van der Waals surface area contributed by atoms with Gasteiger partial charge in [-0.1, -0.05) is 11.6 Å². The number of hydrogen-bond acceptors (Lipinski definition) is 2. The van der Waals surface area contributed by atoms with Gasteiger partial charge < -0.3 is 14.8 Å². The van der Waals surface area contributed by atoms with Crippen molar-refractivity contribution < 1.29 is 9.59 Å². The fourth-order valence-electron chi connectivity index (χ4n) is 4.28. The number of aromatic nitrogens is 1. The van der Waals surface area contributed by atoms with Crippen molar-refractivity contribution in [2.45, 2.75) is 39.0 Å². The van der Waals surface area contributed by atoms with Crippen molar-refractivity contribution in [3.63, 3.8) is 0 Å². The van der Waals surface area contributed by atoms with Crippen molar-refractivity contribution in [3.8, 4) is 0 Å². The van der Waals surface area contributed by atoms with Crippen LogP contribution in [0.3, 0.4) is 0 Å². The molecule has 0 saturated carbocycles. The van der Waals surface area contributed by atoms with Crippen LogP contribution in [0.15, 0.2) is 24.4 Å². The zero-order valence-electron chi connectivity index (χ0n) is 15.5. The lowest BCUT2D eigenvalue weighted by atomic mass is 10.0. The number of carbonyl (C=O) groups is 2. The Bertz CT molecular complexity index is 820. The average Bonchev–Trinajstić information content (AvgIpc) is 3.23. The van der Waals surface area contributed by atoms with Crippen molar-refractivity contribution >= 4 is 22.7 Å². The number of amides is 2. The molecule has 0 radical (unpaired) electrons. The molecule has 1 aromatic carbocycles. The third-order valence-corrected chi connectivity index (χ3v) is 5.81. The largest absolute Gasteiger partial charge is 0.361 e. The lowest BCUT2D eigenvalue weighted by molar-refractivity contribution is -0.136. The summed E-state index contributed by atoms with van der Waals surface area (Å²) < 4.78 is 0. The maximum Gasteiger partial charge on any atom is 0.227 e. The molecule has 4 rings (SSSR count). The second kappa shape index (κ2) is 7.14. The SMILES string of the molecule is Cc1ccc2[nH]cc(CCN3C[C@H](C(=O)N4CCCCC4)CC3=O)c2c1. The summed E-state index contributed by atoms with van der Waals surface area (Å²) in [6.45, 7) is 5.08. The number of hydrogen-bond donors (Lipinski definition) is 1. The predicted molar refractivity (Wildman–Crippen MR) is 102 cm³/mol. The molecule has 0 unspecified atom stereocenters. The van der Waals surface area contributed by atoms with Crippen LogP contribution < -0.4 is 0 Å². The first-order chi connectivity index (χ1) is 12.6. The molecule has 0 aliphatic carbocycles. The van der Waals surface area contributed by atoms with Crippen LogP contribution in [0.25, 0.3) is 10.9 Å². The van der Waals surface area contributed by atoms with Crippen LogP contribution in [-0.2, 0) is 16.0 Å². The summed E-state index contributed by atoms with van der Waals surface area (Å²) >= 11 is 0. The molecule has 0 bridgehead atoms. The summed E-state index contributed by atoms with van der Waals surface area (Å²) in [6, 6.07) is 6.39. The normalized spacial score (nSPS) is 21.0. The Balaban J connectivity index is 1.38. The number of nitrogens with zero attached hydrogens (tertiary/aromatic N) is 2. The highest BCUT2D eigenvalue weighted by Crippen LogP contribution is 2.24. The van der Waals surface area contributed by atoms with Gasteiger partial charge in [-0.15, -0.1) is 0 Å². The number of carbonyl (C=O) groups excluding carboxylic acids is 2. The Hall–Kier alpha value is -2.30. The molecular weight excluding hydrogens is 326 g/mol. The molecule has 2 amide bonds. The van der Waals surface area contributed by atoms with E-state index in [9.17, 15) is 9.59 Å². The fourth-order valence-corrected chi connectivity index (χ4v) is 4.28. The van der Waals surface area contributed by atoms with E-state index in [2.05, 4.69) is 30.1 Å². The Morgan fingerprint density at radius 3 is 2.85 bits per heavy atom.